The van der Waals surface area contributed by atoms with Gasteiger partial charge < -0.3 is 24.5 Å². The molecule has 0 aliphatic heterocycles. The number of benzene rings is 2. The van der Waals surface area contributed by atoms with Crippen molar-refractivity contribution in [1.29, 1.82) is 0 Å². The number of methoxy groups -OCH3 is 2. The van der Waals surface area contributed by atoms with Gasteiger partial charge >= 0.3 is 0 Å². The van der Waals surface area contributed by atoms with E-state index in [1.54, 1.807) is 49.3 Å². The molecule has 3 rings (SSSR count). The van der Waals surface area contributed by atoms with Gasteiger partial charge in [0, 0.05) is 42.9 Å². The molecule has 0 fully saturated rings. The zero-order chi connectivity index (χ0) is 21.5. The Labute approximate surface area is 180 Å². The number of carbonyl (C=O) groups is 1. The van der Waals surface area contributed by atoms with Crippen molar-refractivity contribution in [2.45, 2.75) is 17.0 Å². The molecule has 2 N–H and O–H groups in total. The van der Waals surface area contributed by atoms with Crippen LogP contribution in [0.15, 0.2) is 60.0 Å². The third kappa shape index (κ3) is 5.34. The Bertz CT molecular complexity index is 1010. The van der Waals surface area contributed by atoms with Crippen molar-refractivity contribution < 1.29 is 19.4 Å². The topological polar surface area (TPSA) is 85.6 Å². The number of aliphatic hydroxyl groups is 1. The van der Waals surface area contributed by atoms with Crippen molar-refractivity contribution in [3.63, 3.8) is 0 Å². The van der Waals surface area contributed by atoms with Gasteiger partial charge in [0.15, 0.2) is 5.16 Å². The first-order valence-electron chi connectivity index (χ1n) is 9.39. The van der Waals surface area contributed by atoms with Crippen LogP contribution in [0.3, 0.4) is 0 Å². The molecule has 158 valence electrons. The molecule has 8 heteroatoms. The van der Waals surface area contributed by atoms with Gasteiger partial charge in [0.2, 0.25) is 0 Å². The Hall–Kier alpha value is -2.97. The molecule has 30 heavy (non-hydrogen) atoms. The van der Waals surface area contributed by atoms with E-state index in [9.17, 15) is 9.90 Å². The number of carbonyl (C=O) groups excluding carboxylic acids is 1. The van der Waals surface area contributed by atoms with E-state index in [-0.39, 0.29) is 12.5 Å². The van der Waals surface area contributed by atoms with Gasteiger partial charge in [-0.25, -0.2) is 4.98 Å². The average molecular weight is 428 g/mol. The second-order valence-electron chi connectivity index (χ2n) is 6.64. The number of aryl methyl sites for hydroxylation is 1. The molecule has 0 radical (unpaired) electrons. The van der Waals surface area contributed by atoms with Crippen LogP contribution in [0.4, 0.5) is 0 Å². The largest absolute Gasteiger partial charge is 0.497 e. The number of aromatic nitrogens is 2. The Morgan fingerprint density at radius 3 is 2.77 bits per heavy atom. The summed E-state index contributed by atoms with van der Waals surface area (Å²) < 4.78 is 12.5. The Kier molecular flexibility index (Phi) is 7.37. The van der Waals surface area contributed by atoms with Gasteiger partial charge in [-0.15, -0.1) is 0 Å². The molecule has 0 aliphatic rings. The van der Waals surface area contributed by atoms with Gasteiger partial charge in [0.05, 0.1) is 14.2 Å². The van der Waals surface area contributed by atoms with Crippen LogP contribution in [0, 0.1) is 0 Å². The van der Waals surface area contributed by atoms with Gasteiger partial charge in [0.25, 0.3) is 5.91 Å². The first-order chi connectivity index (χ1) is 14.5. The Balaban J connectivity index is 1.61. The maximum atomic E-state index is 12.6. The molecule has 3 aromatic rings. The van der Waals surface area contributed by atoms with E-state index in [0.29, 0.717) is 28.4 Å². The molecule has 0 spiro atoms. The number of rotatable bonds is 9. The summed E-state index contributed by atoms with van der Waals surface area (Å²) in [6.45, 7) is 0.0502. The van der Waals surface area contributed by atoms with Crippen molar-refractivity contribution in [3.8, 4) is 11.5 Å². The number of hydrogen-bond acceptors (Lipinski definition) is 6. The molecular formula is C22H25N3O4S. The monoisotopic (exact) mass is 427 g/mol. The minimum atomic E-state index is -0.929. The number of aliphatic hydroxyl groups excluding tert-OH is 1. The molecule has 0 unspecified atom stereocenters. The zero-order valence-corrected chi connectivity index (χ0v) is 18.0. The van der Waals surface area contributed by atoms with E-state index in [2.05, 4.69) is 10.3 Å². The number of ether oxygens (including phenoxy) is 2. The summed E-state index contributed by atoms with van der Waals surface area (Å²) in [7, 11) is 5.03. The number of hydrogen-bond donors (Lipinski definition) is 2. The molecular weight excluding hydrogens is 402 g/mol. The highest BCUT2D eigenvalue weighted by atomic mass is 32.2. The van der Waals surface area contributed by atoms with Crippen molar-refractivity contribution in [2.75, 3.05) is 20.8 Å². The highest BCUT2D eigenvalue weighted by Gasteiger charge is 2.16. The quantitative estimate of drug-likeness (QED) is 0.510. The summed E-state index contributed by atoms with van der Waals surface area (Å²) in [4.78, 5) is 16.9. The fourth-order valence-corrected chi connectivity index (χ4v) is 3.82. The van der Waals surface area contributed by atoms with Gasteiger partial charge in [-0.2, -0.15) is 0 Å². The normalized spacial score (nSPS) is 11.7. The number of imidazole rings is 1. The zero-order valence-electron chi connectivity index (χ0n) is 17.2. The molecule has 1 heterocycles. The molecule has 1 amide bonds. The minimum Gasteiger partial charge on any atom is -0.497 e. The molecule has 1 aromatic heterocycles. The van der Waals surface area contributed by atoms with Crippen LogP contribution in [0.1, 0.15) is 27.6 Å². The van der Waals surface area contributed by atoms with E-state index in [1.165, 1.54) is 7.11 Å². The van der Waals surface area contributed by atoms with Crippen LogP contribution >= 0.6 is 11.8 Å². The maximum absolute atomic E-state index is 12.6. The molecule has 0 saturated carbocycles. The predicted molar refractivity (Wildman–Crippen MR) is 116 cm³/mol. The Morgan fingerprint density at radius 1 is 1.23 bits per heavy atom. The van der Waals surface area contributed by atoms with Gasteiger partial charge in [-0.05, 0) is 35.9 Å². The van der Waals surface area contributed by atoms with Crippen molar-refractivity contribution in [3.05, 3.63) is 71.5 Å². The molecule has 0 saturated heterocycles. The first-order valence-corrected chi connectivity index (χ1v) is 10.4. The highest BCUT2D eigenvalue weighted by Crippen LogP contribution is 2.29. The van der Waals surface area contributed by atoms with E-state index in [0.717, 1.165) is 10.7 Å². The van der Waals surface area contributed by atoms with E-state index >= 15 is 0 Å². The lowest BCUT2D eigenvalue weighted by molar-refractivity contribution is 0.0914. The number of nitrogens with one attached hydrogen (secondary N) is 1. The molecule has 7 nitrogen and oxygen atoms in total. The number of thioether (sulfide) groups is 1. The molecule has 0 aliphatic carbocycles. The number of nitrogens with zero attached hydrogens (tertiary/aromatic N) is 2. The van der Waals surface area contributed by atoms with Crippen LogP contribution in [0.25, 0.3) is 0 Å². The fourth-order valence-electron chi connectivity index (χ4n) is 2.94. The third-order valence-electron chi connectivity index (χ3n) is 4.59. The van der Waals surface area contributed by atoms with Crippen LogP contribution in [-0.2, 0) is 12.8 Å². The molecule has 2 aromatic carbocycles. The lowest BCUT2D eigenvalue weighted by Gasteiger charge is -2.16. The summed E-state index contributed by atoms with van der Waals surface area (Å²) >= 11 is 1.60. The standard InChI is InChI=1S/C22H25N3O4S/c1-25-10-9-23-22(25)30-14-15-5-4-6-16(11-15)21(27)24-13-19(26)18-12-17(28-2)7-8-20(18)29-3/h4-12,19,26H,13-14H2,1-3H3,(H,24,27)/t19-/m0/s1. The van der Waals surface area contributed by atoms with E-state index < -0.39 is 6.10 Å². The summed E-state index contributed by atoms with van der Waals surface area (Å²) in [5.41, 5.74) is 2.11. The van der Waals surface area contributed by atoms with Gasteiger partial charge in [-0.1, -0.05) is 23.9 Å². The lowest BCUT2D eigenvalue weighted by Crippen LogP contribution is -2.28. The average Bonchev–Trinajstić information content (AvgIpc) is 3.20. The van der Waals surface area contributed by atoms with Crippen LogP contribution < -0.4 is 14.8 Å². The predicted octanol–water partition coefficient (Wildman–Crippen LogP) is 3.19. The summed E-state index contributed by atoms with van der Waals surface area (Å²) in [6, 6.07) is 12.6. The molecule has 1 atom stereocenters. The van der Waals surface area contributed by atoms with Crippen LogP contribution in [0.2, 0.25) is 0 Å². The fraction of sp³-hybridized carbons (Fsp3) is 0.273. The van der Waals surface area contributed by atoms with Gasteiger partial charge in [-0.3, -0.25) is 4.79 Å². The first kappa shape index (κ1) is 21.7. The van der Waals surface area contributed by atoms with Crippen LogP contribution in [0.5, 0.6) is 11.5 Å². The second-order valence-corrected chi connectivity index (χ2v) is 7.59. The SMILES string of the molecule is COc1ccc(OC)c([C@@H](O)CNC(=O)c2cccc(CSc3nccn3C)c2)c1. The van der Waals surface area contributed by atoms with Crippen molar-refractivity contribution in [1.82, 2.24) is 14.9 Å². The summed E-state index contributed by atoms with van der Waals surface area (Å²) in [5, 5.41) is 14.3. The van der Waals surface area contributed by atoms with E-state index in [4.69, 9.17) is 9.47 Å². The van der Waals surface area contributed by atoms with Gasteiger partial charge in [0.1, 0.15) is 17.6 Å². The summed E-state index contributed by atoms with van der Waals surface area (Å²) in [5.74, 6) is 1.59. The lowest BCUT2D eigenvalue weighted by atomic mass is 10.1. The molecule has 0 bridgehead atoms. The van der Waals surface area contributed by atoms with Crippen LogP contribution in [-0.4, -0.2) is 41.3 Å². The number of amides is 1. The highest BCUT2D eigenvalue weighted by molar-refractivity contribution is 7.98. The smallest absolute Gasteiger partial charge is 0.251 e. The van der Waals surface area contributed by atoms with Crippen molar-refractivity contribution >= 4 is 17.7 Å². The third-order valence-corrected chi connectivity index (χ3v) is 5.72. The maximum Gasteiger partial charge on any atom is 0.251 e. The summed E-state index contributed by atoms with van der Waals surface area (Å²) in [6.07, 6.45) is 2.73. The minimum absolute atomic E-state index is 0.0502. The second kappa shape index (κ2) is 10.2. The van der Waals surface area contributed by atoms with E-state index in [1.807, 2.05) is 36.0 Å². The van der Waals surface area contributed by atoms with Crippen molar-refractivity contribution in [2.24, 2.45) is 7.05 Å². The Morgan fingerprint density at radius 2 is 2.07 bits per heavy atom.